The average molecular weight is 347 g/mol. The molecule has 3 aromatic rings. The number of anilines is 1. The molecule has 100 valence electrons. The Morgan fingerprint density at radius 1 is 1.25 bits per heavy atom. The quantitative estimate of drug-likeness (QED) is 0.735. The van der Waals surface area contributed by atoms with E-state index in [1.165, 1.54) is 11.5 Å². The summed E-state index contributed by atoms with van der Waals surface area (Å²) >= 11 is 4.78. The van der Waals surface area contributed by atoms with Crippen molar-refractivity contribution in [1.29, 1.82) is 0 Å². The van der Waals surface area contributed by atoms with E-state index >= 15 is 0 Å². The van der Waals surface area contributed by atoms with E-state index in [-0.39, 0.29) is 5.91 Å². The molecule has 0 fully saturated rings. The summed E-state index contributed by atoms with van der Waals surface area (Å²) in [4.78, 5) is 12.3. The van der Waals surface area contributed by atoms with Gasteiger partial charge < -0.3 is 5.32 Å². The molecular formula is C15H11BrN2OS. The van der Waals surface area contributed by atoms with Crippen LogP contribution in [0, 0.1) is 6.92 Å². The molecule has 0 aliphatic heterocycles. The molecule has 3 rings (SSSR count). The van der Waals surface area contributed by atoms with Crippen LogP contribution in [0.1, 0.15) is 15.9 Å². The molecule has 1 amide bonds. The summed E-state index contributed by atoms with van der Waals surface area (Å²) in [6.07, 6.45) is 0. The zero-order chi connectivity index (χ0) is 14.1. The highest BCUT2D eigenvalue weighted by Crippen LogP contribution is 2.27. The molecule has 0 saturated carbocycles. The number of carbonyl (C=O) groups excluding carboxylic acids is 1. The monoisotopic (exact) mass is 346 g/mol. The molecule has 1 heterocycles. The zero-order valence-electron chi connectivity index (χ0n) is 10.7. The minimum absolute atomic E-state index is 0.133. The first-order valence-electron chi connectivity index (χ1n) is 6.07. The third-order valence-electron chi connectivity index (χ3n) is 3.04. The minimum atomic E-state index is -0.133. The first-order chi connectivity index (χ1) is 9.65. The Kier molecular flexibility index (Phi) is 3.54. The normalized spacial score (nSPS) is 10.7. The number of halogens is 1. The number of nitrogens with zero attached hydrogens (tertiary/aromatic N) is 1. The van der Waals surface area contributed by atoms with E-state index in [0.717, 1.165) is 20.1 Å². The number of carbonyl (C=O) groups is 1. The fourth-order valence-electron chi connectivity index (χ4n) is 2.03. The van der Waals surface area contributed by atoms with Gasteiger partial charge in [0.15, 0.2) is 5.82 Å². The Balaban J connectivity index is 1.92. The van der Waals surface area contributed by atoms with Crippen LogP contribution in [-0.2, 0) is 0 Å². The number of rotatable bonds is 2. The van der Waals surface area contributed by atoms with Crippen LogP contribution in [0.5, 0.6) is 0 Å². The molecule has 0 atom stereocenters. The van der Waals surface area contributed by atoms with Crippen LogP contribution in [0.3, 0.4) is 0 Å². The Hall–Kier alpha value is -1.72. The third-order valence-corrected chi connectivity index (χ3v) is 4.36. The van der Waals surface area contributed by atoms with E-state index in [2.05, 4.69) is 25.6 Å². The van der Waals surface area contributed by atoms with Crippen molar-refractivity contribution >= 4 is 49.3 Å². The van der Waals surface area contributed by atoms with Crippen LogP contribution >= 0.6 is 27.5 Å². The predicted molar refractivity (Wildman–Crippen MR) is 86.5 cm³/mol. The van der Waals surface area contributed by atoms with Gasteiger partial charge in [-0.15, -0.1) is 0 Å². The fourth-order valence-corrected chi connectivity index (χ4v) is 3.24. The van der Waals surface area contributed by atoms with Crippen LogP contribution in [0.2, 0.25) is 0 Å². The molecule has 0 aliphatic carbocycles. The van der Waals surface area contributed by atoms with Crippen molar-refractivity contribution in [3.05, 3.63) is 58.1 Å². The predicted octanol–water partition coefficient (Wildman–Crippen LogP) is 4.62. The molecule has 5 heteroatoms. The highest BCUT2D eigenvalue weighted by atomic mass is 79.9. The minimum Gasteiger partial charge on any atom is -0.305 e. The molecule has 0 spiro atoms. The maximum absolute atomic E-state index is 12.3. The van der Waals surface area contributed by atoms with E-state index in [1.807, 2.05) is 49.4 Å². The molecule has 0 radical (unpaired) electrons. The average Bonchev–Trinajstić information content (AvgIpc) is 2.82. The highest BCUT2D eigenvalue weighted by molar-refractivity contribution is 9.10. The van der Waals surface area contributed by atoms with E-state index < -0.39 is 0 Å². The first kappa shape index (κ1) is 13.3. The van der Waals surface area contributed by atoms with Gasteiger partial charge in [-0.1, -0.05) is 28.1 Å². The lowest BCUT2D eigenvalue weighted by Gasteiger charge is -2.06. The van der Waals surface area contributed by atoms with Gasteiger partial charge in [-0.25, -0.2) is 0 Å². The molecule has 1 N–H and O–H groups in total. The van der Waals surface area contributed by atoms with Gasteiger partial charge in [-0.05, 0) is 54.4 Å². The number of hydrogen-bond acceptors (Lipinski definition) is 3. The third kappa shape index (κ3) is 2.46. The molecule has 0 aliphatic rings. The molecule has 0 saturated heterocycles. The number of hydrogen-bond donors (Lipinski definition) is 1. The number of amides is 1. The largest absolute Gasteiger partial charge is 0.305 e. The van der Waals surface area contributed by atoms with E-state index in [4.69, 9.17) is 0 Å². The van der Waals surface area contributed by atoms with Gasteiger partial charge in [0.05, 0.1) is 4.70 Å². The summed E-state index contributed by atoms with van der Waals surface area (Å²) in [7, 11) is 0. The summed E-state index contributed by atoms with van der Waals surface area (Å²) < 4.78 is 6.34. The Bertz CT molecular complexity index is 797. The van der Waals surface area contributed by atoms with Gasteiger partial charge >= 0.3 is 0 Å². The van der Waals surface area contributed by atoms with Crippen LogP contribution in [0.15, 0.2) is 46.9 Å². The Labute approximate surface area is 128 Å². The number of aromatic nitrogens is 1. The summed E-state index contributed by atoms with van der Waals surface area (Å²) in [5.41, 5.74) is 1.58. The fraction of sp³-hybridized carbons (Fsp3) is 0.0667. The second-order valence-electron chi connectivity index (χ2n) is 4.44. The first-order valence-corrected chi connectivity index (χ1v) is 7.64. The van der Waals surface area contributed by atoms with Crippen molar-refractivity contribution in [2.45, 2.75) is 6.92 Å². The molecule has 2 aromatic carbocycles. The Morgan fingerprint density at radius 3 is 2.85 bits per heavy atom. The van der Waals surface area contributed by atoms with Crippen molar-refractivity contribution in [3.63, 3.8) is 0 Å². The maximum Gasteiger partial charge on any atom is 0.257 e. The highest BCUT2D eigenvalue weighted by Gasteiger charge is 2.13. The standard InChI is InChI=1S/C15H11BrN2OS/c1-9-8-10(16)6-7-11(9)15(19)17-14-12-4-2-3-5-13(12)20-18-14/h2-8H,1H3,(H,17,18,19). The lowest BCUT2D eigenvalue weighted by atomic mass is 10.1. The molecular weight excluding hydrogens is 336 g/mol. The molecule has 3 nitrogen and oxygen atoms in total. The molecule has 0 bridgehead atoms. The van der Waals surface area contributed by atoms with Crippen molar-refractivity contribution in [2.24, 2.45) is 0 Å². The van der Waals surface area contributed by atoms with Gasteiger partial charge in [-0.2, -0.15) is 4.37 Å². The van der Waals surface area contributed by atoms with Gasteiger partial charge in [-0.3, -0.25) is 4.79 Å². The number of aryl methyl sites for hydroxylation is 1. The van der Waals surface area contributed by atoms with E-state index in [9.17, 15) is 4.79 Å². The molecule has 0 unspecified atom stereocenters. The number of fused-ring (bicyclic) bond motifs is 1. The van der Waals surface area contributed by atoms with Crippen LogP contribution in [-0.4, -0.2) is 10.3 Å². The maximum atomic E-state index is 12.3. The lowest BCUT2D eigenvalue weighted by Crippen LogP contribution is -2.13. The van der Waals surface area contributed by atoms with Gasteiger partial charge in [0.25, 0.3) is 5.91 Å². The van der Waals surface area contributed by atoms with Gasteiger partial charge in [0.1, 0.15) is 0 Å². The number of nitrogens with one attached hydrogen (secondary N) is 1. The van der Waals surface area contributed by atoms with Gasteiger partial charge in [0, 0.05) is 15.4 Å². The van der Waals surface area contributed by atoms with E-state index in [0.29, 0.717) is 11.4 Å². The Morgan fingerprint density at radius 2 is 2.05 bits per heavy atom. The number of benzene rings is 2. The second-order valence-corrected chi connectivity index (χ2v) is 6.16. The second kappa shape index (κ2) is 5.34. The molecule has 1 aromatic heterocycles. The van der Waals surface area contributed by atoms with Gasteiger partial charge in [0.2, 0.25) is 0 Å². The van der Waals surface area contributed by atoms with Crippen LogP contribution < -0.4 is 5.32 Å². The smallest absolute Gasteiger partial charge is 0.257 e. The lowest BCUT2D eigenvalue weighted by molar-refractivity contribution is 0.102. The van der Waals surface area contributed by atoms with Crippen molar-refractivity contribution in [1.82, 2.24) is 4.37 Å². The SMILES string of the molecule is Cc1cc(Br)ccc1C(=O)Nc1nsc2ccccc12. The summed E-state index contributed by atoms with van der Waals surface area (Å²) in [5, 5.41) is 3.86. The van der Waals surface area contributed by atoms with Crippen molar-refractivity contribution < 1.29 is 4.79 Å². The van der Waals surface area contributed by atoms with Crippen LogP contribution in [0.25, 0.3) is 10.1 Å². The topological polar surface area (TPSA) is 42.0 Å². The summed E-state index contributed by atoms with van der Waals surface area (Å²) in [6, 6.07) is 13.5. The summed E-state index contributed by atoms with van der Waals surface area (Å²) in [5.74, 6) is 0.490. The van der Waals surface area contributed by atoms with Crippen molar-refractivity contribution in [3.8, 4) is 0 Å². The van der Waals surface area contributed by atoms with E-state index in [1.54, 1.807) is 0 Å². The van der Waals surface area contributed by atoms with Crippen LogP contribution in [0.4, 0.5) is 5.82 Å². The van der Waals surface area contributed by atoms with Crippen molar-refractivity contribution in [2.75, 3.05) is 5.32 Å². The zero-order valence-corrected chi connectivity index (χ0v) is 13.1. The summed E-state index contributed by atoms with van der Waals surface area (Å²) in [6.45, 7) is 1.92. The molecule has 20 heavy (non-hydrogen) atoms.